The summed E-state index contributed by atoms with van der Waals surface area (Å²) in [5.41, 5.74) is 0.976. The van der Waals surface area contributed by atoms with E-state index in [0.717, 1.165) is 31.5 Å². The topological polar surface area (TPSA) is 49.9 Å². The molecule has 3 aliphatic heterocycles. The average molecular weight is 306 g/mol. The SMILES string of the molecule is O=C([C@H]1CCCO1)N1CC[C@@H]2[C@@H]1CC(=O)N2c1ccsc1. The molecule has 2 amide bonds. The highest BCUT2D eigenvalue weighted by molar-refractivity contribution is 7.08. The third kappa shape index (κ3) is 2.08. The zero-order valence-electron chi connectivity index (χ0n) is 11.7. The molecular formula is C15H18N2O3S. The Labute approximate surface area is 127 Å². The quantitative estimate of drug-likeness (QED) is 0.834. The summed E-state index contributed by atoms with van der Waals surface area (Å²) in [4.78, 5) is 28.7. The predicted molar refractivity (Wildman–Crippen MR) is 79.3 cm³/mol. The fourth-order valence-electron chi connectivity index (χ4n) is 3.81. The van der Waals surface area contributed by atoms with Crippen LogP contribution in [-0.4, -0.2) is 48.1 Å². The summed E-state index contributed by atoms with van der Waals surface area (Å²) >= 11 is 1.60. The monoisotopic (exact) mass is 306 g/mol. The molecule has 0 unspecified atom stereocenters. The minimum atomic E-state index is -0.283. The summed E-state index contributed by atoms with van der Waals surface area (Å²) in [6.45, 7) is 1.42. The molecule has 0 bridgehead atoms. The zero-order chi connectivity index (χ0) is 14.4. The molecule has 0 aliphatic carbocycles. The summed E-state index contributed by atoms with van der Waals surface area (Å²) in [5.74, 6) is 0.216. The van der Waals surface area contributed by atoms with Crippen molar-refractivity contribution in [1.29, 1.82) is 0 Å². The van der Waals surface area contributed by atoms with Crippen LogP contribution in [0.3, 0.4) is 0 Å². The summed E-state index contributed by atoms with van der Waals surface area (Å²) in [7, 11) is 0. The Balaban J connectivity index is 1.54. The van der Waals surface area contributed by atoms with Gasteiger partial charge >= 0.3 is 0 Å². The molecule has 112 valence electrons. The molecule has 3 saturated heterocycles. The molecule has 5 nitrogen and oxygen atoms in total. The maximum absolute atomic E-state index is 12.6. The van der Waals surface area contributed by atoms with Gasteiger partial charge in [-0.1, -0.05) is 0 Å². The highest BCUT2D eigenvalue weighted by atomic mass is 32.1. The van der Waals surface area contributed by atoms with E-state index in [2.05, 4.69) is 0 Å². The fraction of sp³-hybridized carbons (Fsp3) is 0.600. The van der Waals surface area contributed by atoms with E-state index in [1.807, 2.05) is 26.6 Å². The Morgan fingerprint density at radius 2 is 2.24 bits per heavy atom. The molecule has 0 aromatic carbocycles. The summed E-state index contributed by atoms with van der Waals surface area (Å²) in [6, 6.07) is 2.14. The molecule has 3 aliphatic rings. The molecule has 3 atom stereocenters. The number of carbonyl (C=O) groups is 2. The van der Waals surface area contributed by atoms with Crippen molar-refractivity contribution in [3.8, 4) is 0 Å². The molecule has 0 spiro atoms. The second-order valence-electron chi connectivity index (χ2n) is 5.91. The lowest BCUT2D eigenvalue weighted by Crippen LogP contribution is -2.44. The number of carbonyl (C=O) groups excluding carboxylic acids is 2. The summed E-state index contributed by atoms with van der Waals surface area (Å²) < 4.78 is 5.51. The van der Waals surface area contributed by atoms with Crippen LogP contribution in [0.15, 0.2) is 16.8 Å². The standard InChI is InChI=1S/C15H18N2O3S/c18-14-8-12-11(17(14)10-4-7-21-9-10)3-5-16(12)15(19)13-2-1-6-20-13/h4,7,9,11-13H,1-3,5-6,8H2/t11-,12+,13-/m1/s1. The Hall–Kier alpha value is -1.40. The van der Waals surface area contributed by atoms with Gasteiger partial charge in [0.05, 0.1) is 17.8 Å². The molecule has 1 aromatic rings. The van der Waals surface area contributed by atoms with Gasteiger partial charge in [0.15, 0.2) is 0 Å². The molecule has 3 fully saturated rings. The Kier molecular flexibility index (Phi) is 3.23. The first-order chi connectivity index (χ1) is 10.3. The van der Waals surface area contributed by atoms with Crippen molar-refractivity contribution in [2.24, 2.45) is 0 Å². The highest BCUT2D eigenvalue weighted by Crippen LogP contribution is 2.37. The van der Waals surface area contributed by atoms with Gasteiger partial charge in [0.2, 0.25) is 5.91 Å². The zero-order valence-corrected chi connectivity index (χ0v) is 12.6. The number of hydrogen-bond donors (Lipinski definition) is 0. The molecule has 0 radical (unpaired) electrons. The van der Waals surface area contributed by atoms with Crippen LogP contribution >= 0.6 is 11.3 Å². The van der Waals surface area contributed by atoms with Crippen molar-refractivity contribution >= 4 is 28.8 Å². The number of nitrogens with zero attached hydrogens (tertiary/aromatic N) is 2. The third-order valence-corrected chi connectivity index (χ3v) is 5.44. The number of thiophene rings is 1. The second kappa shape index (κ2) is 5.10. The van der Waals surface area contributed by atoms with Crippen LogP contribution in [0.25, 0.3) is 0 Å². The van der Waals surface area contributed by atoms with E-state index in [-0.39, 0.29) is 30.0 Å². The Morgan fingerprint density at radius 1 is 1.33 bits per heavy atom. The lowest BCUT2D eigenvalue weighted by atomic mass is 10.1. The number of fused-ring (bicyclic) bond motifs is 1. The van der Waals surface area contributed by atoms with Crippen LogP contribution in [0.2, 0.25) is 0 Å². The molecule has 6 heteroatoms. The molecular weight excluding hydrogens is 288 g/mol. The van der Waals surface area contributed by atoms with Gasteiger partial charge in [-0.05, 0) is 30.7 Å². The largest absolute Gasteiger partial charge is 0.368 e. The average Bonchev–Trinajstić information content (AvgIpc) is 3.23. The Bertz CT molecular complexity index is 553. The van der Waals surface area contributed by atoms with Crippen LogP contribution in [0.4, 0.5) is 5.69 Å². The lowest BCUT2D eigenvalue weighted by molar-refractivity contribution is -0.141. The third-order valence-electron chi connectivity index (χ3n) is 4.77. The van der Waals surface area contributed by atoms with Crippen molar-refractivity contribution in [3.63, 3.8) is 0 Å². The van der Waals surface area contributed by atoms with Crippen LogP contribution in [0, 0.1) is 0 Å². The van der Waals surface area contributed by atoms with Crippen molar-refractivity contribution < 1.29 is 14.3 Å². The van der Waals surface area contributed by atoms with Gasteiger partial charge in [0.1, 0.15) is 6.10 Å². The van der Waals surface area contributed by atoms with Gasteiger partial charge in [-0.3, -0.25) is 9.59 Å². The number of anilines is 1. The minimum absolute atomic E-state index is 0.0223. The minimum Gasteiger partial charge on any atom is -0.368 e. The molecule has 4 heterocycles. The molecule has 1 aromatic heterocycles. The normalized spacial score (nSPS) is 32.0. The highest BCUT2D eigenvalue weighted by Gasteiger charge is 2.50. The number of rotatable bonds is 2. The van der Waals surface area contributed by atoms with E-state index in [9.17, 15) is 9.59 Å². The lowest BCUT2D eigenvalue weighted by Gasteiger charge is -2.26. The van der Waals surface area contributed by atoms with Gasteiger partial charge in [0.25, 0.3) is 5.91 Å². The Morgan fingerprint density at radius 3 is 2.95 bits per heavy atom. The predicted octanol–water partition coefficient (Wildman–Crippen LogP) is 1.63. The first-order valence-electron chi connectivity index (χ1n) is 7.52. The van der Waals surface area contributed by atoms with Gasteiger partial charge in [0, 0.05) is 25.0 Å². The maximum Gasteiger partial charge on any atom is 0.252 e. The number of hydrogen-bond acceptors (Lipinski definition) is 4. The van der Waals surface area contributed by atoms with Crippen molar-refractivity contribution in [1.82, 2.24) is 4.90 Å². The fourth-order valence-corrected chi connectivity index (χ4v) is 4.44. The van der Waals surface area contributed by atoms with Crippen LogP contribution < -0.4 is 4.90 Å². The molecule has 21 heavy (non-hydrogen) atoms. The van der Waals surface area contributed by atoms with Crippen molar-refractivity contribution in [2.45, 2.75) is 43.9 Å². The van der Waals surface area contributed by atoms with Crippen molar-refractivity contribution in [2.75, 3.05) is 18.1 Å². The summed E-state index contributed by atoms with van der Waals surface area (Å²) in [5, 5.41) is 3.99. The summed E-state index contributed by atoms with van der Waals surface area (Å²) in [6.07, 6.45) is 2.80. The van der Waals surface area contributed by atoms with E-state index in [0.29, 0.717) is 13.0 Å². The van der Waals surface area contributed by atoms with Crippen LogP contribution in [0.1, 0.15) is 25.7 Å². The smallest absolute Gasteiger partial charge is 0.252 e. The molecule has 4 rings (SSSR count). The van der Waals surface area contributed by atoms with Gasteiger partial charge in [-0.15, -0.1) is 0 Å². The van der Waals surface area contributed by atoms with E-state index >= 15 is 0 Å². The second-order valence-corrected chi connectivity index (χ2v) is 6.69. The molecule has 0 saturated carbocycles. The first-order valence-corrected chi connectivity index (χ1v) is 8.46. The number of ether oxygens (including phenoxy) is 1. The van der Waals surface area contributed by atoms with Crippen molar-refractivity contribution in [3.05, 3.63) is 16.8 Å². The number of likely N-dealkylation sites (tertiary alicyclic amines) is 1. The van der Waals surface area contributed by atoms with E-state index in [1.165, 1.54) is 0 Å². The van der Waals surface area contributed by atoms with Gasteiger partial charge in [-0.2, -0.15) is 11.3 Å². The van der Waals surface area contributed by atoms with Gasteiger partial charge in [-0.25, -0.2) is 0 Å². The molecule has 0 N–H and O–H groups in total. The van der Waals surface area contributed by atoms with E-state index < -0.39 is 0 Å². The van der Waals surface area contributed by atoms with E-state index in [4.69, 9.17) is 4.74 Å². The van der Waals surface area contributed by atoms with Gasteiger partial charge < -0.3 is 14.5 Å². The first kappa shape index (κ1) is 13.3. The maximum atomic E-state index is 12.6. The van der Waals surface area contributed by atoms with Crippen LogP contribution in [0.5, 0.6) is 0 Å². The number of amides is 2. The van der Waals surface area contributed by atoms with E-state index in [1.54, 1.807) is 11.3 Å². The van der Waals surface area contributed by atoms with Crippen LogP contribution in [-0.2, 0) is 14.3 Å².